The van der Waals surface area contributed by atoms with Crippen molar-refractivity contribution in [3.8, 4) is 5.69 Å². The van der Waals surface area contributed by atoms with Crippen LogP contribution < -0.4 is 5.56 Å². The van der Waals surface area contributed by atoms with Gasteiger partial charge in [-0.3, -0.25) is 14.8 Å². The Morgan fingerprint density at radius 1 is 1.10 bits per heavy atom. The lowest BCUT2D eigenvalue weighted by molar-refractivity contribution is 0.147. The van der Waals surface area contributed by atoms with E-state index in [2.05, 4.69) is 21.9 Å². The molecule has 0 amide bonds. The Labute approximate surface area is 124 Å². The fourth-order valence-corrected chi connectivity index (χ4v) is 2.76. The molecule has 112 valence electrons. The first-order chi connectivity index (χ1) is 10.1. The van der Waals surface area contributed by atoms with E-state index in [-0.39, 0.29) is 5.56 Å². The lowest BCUT2D eigenvalue weighted by atomic mass is 10.2. The first kappa shape index (κ1) is 14.1. The summed E-state index contributed by atoms with van der Waals surface area (Å²) in [5.41, 5.74) is 2.79. The third-order valence-electron chi connectivity index (χ3n) is 4.19. The van der Waals surface area contributed by atoms with Crippen molar-refractivity contribution < 1.29 is 0 Å². The van der Waals surface area contributed by atoms with Crippen molar-refractivity contribution >= 4 is 0 Å². The number of aryl methyl sites for hydroxylation is 1. The number of hydrogen-bond acceptors (Lipinski definition) is 3. The van der Waals surface area contributed by atoms with E-state index in [1.54, 1.807) is 4.68 Å². The molecule has 1 aliphatic heterocycles. The van der Waals surface area contributed by atoms with Crippen molar-refractivity contribution in [3.05, 3.63) is 51.9 Å². The second-order valence-corrected chi connectivity index (χ2v) is 5.77. The molecule has 0 bridgehead atoms. The zero-order valence-corrected chi connectivity index (χ0v) is 12.7. The molecular formula is C16H22N4O. The van der Waals surface area contributed by atoms with Gasteiger partial charge >= 0.3 is 0 Å². The van der Waals surface area contributed by atoms with Crippen LogP contribution in [0.1, 0.15) is 11.3 Å². The Morgan fingerprint density at radius 3 is 2.43 bits per heavy atom. The van der Waals surface area contributed by atoms with Crippen LogP contribution in [0.15, 0.2) is 35.1 Å². The number of H-pyrrole nitrogens is 1. The maximum atomic E-state index is 12.6. The van der Waals surface area contributed by atoms with Crippen molar-refractivity contribution in [1.29, 1.82) is 0 Å². The molecule has 0 saturated carbocycles. The molecule has 0 aliphatic carbocycles. The predicted molar refractivity (Wildman–Crippen MR) is 83.9 cm³/mol. The summed E-state index contributed by atoms with van der Waals surface area (Å²) >= 11 is 0. The highest BCUT2D eigenvalue weighted by molar-refractivity contribution is 5.32. The minimum atomic E-state index is 0.0672. The number of aromatic amines is 1. The molecule has 1 saturated heterocycles. The predicted octanol–water partition coefficient (Wildman–Crippen LogP) is 1.22. The van der Waals surface area contributed by atoms with Crippen LogP contribution in [0.3, 0.4) is 0 Å². The Morgan fingerprint density at radius 2 is 1.76 bits per heavy atom. The second kappa shape index (κ2) is 5.87. The molecule has 2 aromatic rings. The number of benzene rings is 1. The molecule has 3 rings (SSSR count). The summed E-state index contributed by atoms with van der Waals surface area (Å²) in [7, 11) is 2.14. The number of hydrogen-bond donors (Lipinski definition) is 1. The highest BCUT2D eigenvalue weighted by Crippen LogP contribution is 2.10. The molecule has 21 heavy (non-hydrogen) atoms. The monoisotopic (exact) mass is 286 g/mol. The van der Waals surface area contributed by atoms with E-state index < -0.39 is 0 Å². The van der Waals surface area contributed by atoms with E-state index in [1.807, 2.05) is 37.3 Å². The van der Waals surface area contributed by atoms with Crippen LogP contribution in [0.25, 0.3) is 5.69 Å². The fraction of sp³-hybridized carbons (Fsp3) is 0.438. The van der Waals surface area contributed by atoms with Crippen molar-refractivity contribution in [2.24, 2.45) is 0 Å². The van der Waals surface area contributed by atoms with Crippen molar-refractivity contribution in [1.82, 2.24) is 19.6 Å². The summed E-state index contributed by atoms with van der Waals surface area (Å²) in [4.78, 5) is 17.3. The normalized spacial score (nSPS) is 17.2. The van der Waals surface area contributed by atoms with Gasteiger partial charge in [0.25, 0.3) is 5.56 Å². The topological polar surface area (TPSA) is 44.3 Å². The summed E-state index contributed by atoms with van der Waals surface area (Å²) in [6, 6.07) is 9.72. The van der Waals surface area contributed by atoms with E-state index in [4.69, 9.17) is 0 Å². The van der Waals surface area contributed by atoms with Crippen LogP contribution in [0.5, 0.6) is 0 Å². The Balaban J connectivity index is 1.84. The number of para-hydroxylation sites is 1. The summed E-state index contributed by atoms with van der Waals surface area (Å²) in [6.45, 7) is 6.88. The molecule has 0 atom stereocenters. The third-order valence-corrected chi connectivity index (χ3v) is 4.19. The SMILES string of the molecule is Cc1[nH]n(-c2ccccc2)c(=O)c1CN1CCN(C)CC1. The van der Waals surface area contributed by atoms with Gasteiger partial charge in [0.15, 0.2) is 0 Å². The zero-order valence-electron chi connectivity index (χ0n) is 12.7. The van der Waals surface area contributed by atoms with E-state index >= 15 is 0 Å². The lowest BCUT2D eigenvalue weighted by Crippen LogP contribution is -2.44. The van der Waals surface area contributed by atoms with E-state index in [0.717, 1.165) is 49.7 Å². The van der Waals surface area contributed by atoms with Gasteiger partial charge in [-0.1, -0.05) is 18.2 Å². The second-order valence-electron chi connectivity index (χ2n) is 5.77. The number of piperazine rings is 1. The number of nitrogens with one attached hydrogen (secondary N) is 1. The van der Waals surface area contributed by atoms with Gasteiger partial charge < -0.3 is 4.90 Å². The Kier molecular flexibility index (Phi) is 3.94. The molecule has 0 unspecified atom stereocenters. The standard InChI is InChI=1S/C16H22N4O/c1-13-15(12-19-10-8-18(2)9-11-19)16(21)20(17-13)14-6-4-3-5-7-14/h3-7,17H,8-12H2,1-2H3. The minimum Gasteiger partial charge on any atom is -0.304 e. The summed E-state index contributed by atoms with van der Waals surface area (Å²) < 4.78 is 1.64. The van der Waals surface area contributed by atoms with Gasteiger partial charge in [-0.15, -0.1) is 0 Å². The van der Waals surface area contributed by atoms with Crippen molar-refractivity contribution in [2.75, 3.05) is 33.2 Å². The molecular weight excluding hydrogens is 264 g/mol. The average molecular weight is 286 g/mol. The van der Waals surface area contributed by atoms with Crippen LogP contribution >= 0.6 is 0 Å². The van der Waals surface area contributed by atoms with E-state index in [0.29, 0.717) is 0 Å². The van der Waals surface area contributed by atoms with Crippen LogP contribution in [0, 0.1) is 6.92 Å². The number of likely N-dealkylation sites (N-methyl/N-ethyl adjacent to an activating group) is 1. The first-order valence-corrected chi connectivity index (χ1v) is 7.42. The molecule has 1 fully saturated rings. The number of nitrogens with zero attached hydrogens (tertiary/aromatic N) is 3. The first-order valence-electron chi connectivity index (χ1n) is 7.42. The van der Waals surface area contributed by atoms with Gasteiger partial charge in [0.1, 0.15) is 0 Å². The molecule has 1 N–H and O–H groups in total. The van der Waals surface area contributed by atoms with Gasteiger partial charge in [-0.2, -0.15) is 0 Å². The van der Waals surface area contributed by atoms with Crippen LogP contribution in [-0.4, -0.2) is 52.8 Å². The minimum absolute atomic E-state index is 0.0672. The fourth-order valence-electron chi connectivity index (χ4n) is 2.76. The Bertz CT molecular complexity index is 651. The smallest absolute Gasteiger partial charge is 0.275 e. The lowest BCUT2D eigenvalue weighted by Gasteiger charge is -2.31. The molecule has 0 spiro atoms. The zero-order chi connectivity index (χ0) is 14.8. The van der Waals surface area contributed by atoms with Crippen LogP contribution in [0.2, 0.25) is 0 Å². The molecule has 1 aromatic heterocycles. The quantitative estimate of drug-likeness (QED) is 0.923. The molecule has 1 aliphatic rings. The molecule has 2 heterocycles. The van der Waals surface area contributed by atoms with E-state index in [1.165, 1.54) is 0 Å². The van der Waals surface area contributed by atoms with Gasteiger partial charge in [-0.05, 0) is 26.1 Å². The average Bonchev–Trinajstić information content (AvgIpc) is 2.78. The maximum absolute atomic E-state index is 12.6. The highest BCUT2D eigenvalue weighted by Gasteiger charge is 2.18. The molecule has 1 aromatic carbocycles. The highest BCUT2D eigenvalue weighted by atomic mass is 16.1. The third kappa shape index (κ3) is 2.94. The largest absolute Gasteiger partial charge is 0.304 e. The summed E-state index contributed by atoms with van der Waals surface area (Å²) in [6.07, 6.45) is 0. The summed E-state index contributed by atoms with van der Waals surface area (Å²) in [5.74, 6) is 0. The molecule has 0 radical (unpaired) electrons. The van der Waals surface area contributed by atoms with Crippen molar-refractivity contribution in [3.63, 3.8) is 0 Å². The van der Waals surface area contributed by atoms with E-state index in [9.17, 15) is 4.79 Å². The number of rotatable bonds is 3. The van der Waals surface area contributed by atoms with Gasteiger partial charge in [0.05, 0.1) is 11.3 Å². The molecule has 5 heteroatoms. The van der Waals surface area contributed by atoms with Gasteiger partial charge in [0.2, 0.25) is 0 Å². The van der Waals surface area contributed by atoms with Crippen molar-refractivity contribution in [2.45, 2.75) is 13.5 Å². The van der Waals surface area contributed by atoms with Crippen LogP contribution in [-0.2, 0) is 6.54 Å². The van der Waals surface area contributed by atoms with Gasteiger partial charge in [0, 0.05) is 38.4 Å². The van der Waals surface area contributed by atoms with Crippen LogP contribution in [0.4, 0.5) is 0 Å². The Hall–Kier alpha value is -1.85. The maximum Gasteiger partial charge on any atom is 0.275 e. The summed E-state index contributed by atoms with van der Waals surface area (Å²) in [5, 5.41) is 3.19. The van der Waals surface area contributed by atoms with Gasteiger partial charge in [-0.25, -0.2) is 4.68 Å². The molecule has 5 nitrogen and oxygen atoms in total. The number of aromatic nitrogens is 2.